The monoisotopic (exact) mass is 295 g/mol. The van der Waals surface area contributed by atoms with E-state index in [-0.39, 0.29) is 5.69 Å². The second-order valence-corrected chi connectivity index (χ2v) is 4.68. The Hall–Kier alpha value is -2.94. The van der Waals surface area contributed by atoms with Gasteiger partial charge in [-0.3, -0.25) is 4.79 Å². The van der Waals surface area contributed by atoms with E-state index in [1.54, 1.807) is 24.3 Å². The lowest BCUT2D eigenvalue weighted by atomic mass is 10.2. The fourth-order valence-electron chi connectivity index (χ4n) is 1.81. The van der Waals surface area contributed by atoms with E-state index in [9.17, 15) is 4.79 Å². The van der Waals surface area contributed by atoms with Crippen LogP contribution >= 0.6 is 0 Å². The van der Waals surface area contributed by atoms with Crippen molar-refractivity contribution >= 4 is 17.4 Å². The molecule has 22 heavy (non-hydrogen) atoms. The zero-order valence-corrected chi connectivity index (χ0v) is 12.3. The van der Waals surface area contributed by atoms with Gasteiger partial charge in [-0.15, -0.1) is 0 Å². The molecule has 0 atom stereocenters. The summed E-state index contributed by atoms with van der Waals surface area (Å²) in [7, 11) is 0. The summed E-state index contributed by atoms with van der Waals surface area (Å²) in [6.07, 6.45) is 5.09. The molecule has 2 rings (SSSR count). The third kappa shape index (κ3) is 4.03. The number of benzene rings is 1. The highest BCUT2D eigenvalue weighted by Gasteiger charge is 2.10. The molecule has 0 fully saturated rings. The smallest absolute Gasteiger partial charge is 0.275 e. The number of amides is 1. The maximum absolute atomic E-state index is 12.1. The van der Waals surface area contributed by atoms with Crippen molar-refractivity contribution in [3.63, 3.8) is 0 Å². The molecule has 112 valence electrons. The van der Waals surface area contributed by atoms with Crippen LogP contribution in [0.25, 0.3) is 0 Å². The lowest BCUT2D eigenvalue weighted by molar-refractivity contribution is 0.102. The molecule has 0 aliphatic rings. The van der Waals surface area contributed by atoms with E-state index in [0.717, 1.165) is 19.4 Å². The van der Waals surface area contributed by atoms with Crippen LogP contribution in [-0.2, 0) is 0 Å². The lowest BCUT2D eigenvalue weighted by Crippen LogP contribution is -2.15. The first-order valence-corrected chi connectivity index (χ1v) is 7.11. The van der Waals surface area contributed by atoms with Gasteiger partial charge in [0.05, 0.1) is 23.6 Å². The van der Waals surface area contributed by atoms with Crippen molar-refractivity contribution in [2.24, 2.45) is 0 Å². The summed E-state index contributed by atoms with van der Waals surface area (Å²) in [5.41, 5.74) is 1.07. The van der Waals surface area contributed by atoms with Crippen LogP contribution in [0, 0.1) is 11.3 Å². The number of anilines is 2. The molecule has 0 aliphatic carbocycles. The molecule has 0 saturated heterocycles. The van der Waals surface area contributed by atoms with Gasteiger partial charge in [0.25, 0.3) is 5.91 Å². The summed E-state index contributed by atoms with van der Waals surface area (Å²) < 4.78 is 0. The molecule has 2 aromatic rings. The van der Waals surface area contributed by atoms with E-state index in [4.69, 9.17) is 5.26 Å². The average molecular weight is 295 g/mol. The first-order valence-electron chi connectivity index (χ1n) is 7.11. The van der Waals surface area contributed by atoms with Crippen molar-refractivity contribution in [3.8, 4) is 6.07 Å². The van der Waals surface area contributed by atoms with Crippen LogP contribution in [0.4, 0.5) is 11.5 Å². The third-order valence-electron chi connectivity index (χ3n) is 3.02. The average Bonchev–Trinajstić information content (AvgIpc) is 2.56. The van der Waals surface area contributed by atoms with Crippen molar-refractivity contribution in [3.05, 3.63) is 47.9 Å². The predicted molar refractivity (Wildman–Crippen MR) is 84.5 cm³/mol. The van der Waals surface area contributed by atoms with Crippen molar-refractivity contribution in [2.45, 2.75) is 19.8 Å². The highest BCUT2D eigenvalue weighted by molar-refractivity contribution is 6.03. The minimum Gasteiger partial charge on any atom is -0.369 e. The molecule has 0 aliphatic heterocycles. The zero-order chi connectivity index (χ0) is 15.8. The number of carbonyl (C=O) groups excluding carboxylic acids is 1. The predicted octanol–water partition coefficient (Wildman–Crippen LogP) is 2.81. The van der Waals surface area contributed by atoms with Crippen LogP contribution in [0.2, 0.25) is 0 Å². The van der Waals surface area contributed by atoms with Gasteiger partial charge >= 0.3 is 0 Å². The molecule has 0 bridgehead atoms. The number of hydrogen-bond donors (Lipinski definition) is 2. The second-order valence-electron chi connectivity index (χ2n) is 4.68. The number of hydrogen-bond acceptors (Lipinski definition) is 5. The van der Waals surface area contributed by atoms with Gasteiger partial charge in [-0.25, -0.2) is 9.97 Å². The maximum atomic E-state index is 12.1. The summed E-state index contributed by atoms with van der Waals surface area (Å²) in [6.45, 7) is 2.94. The Labute approximate surface area is 129 Å². The molecule has 2 N–H and O–H groups in total. The molecule has 0 saturated carbocycles. The molecule has 1 heterocycles. The van der Waals surface area contributed by atoms with E-state index in [1.807, 2.05) is 6.07 Å². The minimum absolute atomic E-state index is 0.203. The molecule has 1 aromatic carbocycles. The topological polar surface area (TPSA) is 90.7 Å². The number of para-hydroxylation sites is 1. The van der Waals surface area contributed by atoms with Crippen LogP contribution in [0.1, 0.15) is 35.8 Å². The summed E-state index contributed by atoms with van der Waals surface area (Å²) in [5, 5.41) is 14.8. The van der Waals surface area contributed by atoms with Crippen LogP contribution in [0.15, 0.2) is 36.7 Å². The fraction of sp³-hybridized carbons (Fsp3) is 0.250. The molecular weight excluding hydrogens is 278 g/mol. The Morgan fingerprint density at radius 2 is 2.09 bits per heavy atom. The summed E-state index contributed by atoms with van der Waals surface area (Å²) in [6, 6.07) is 8.84. The highest BCUT2D eigenvalue weighted by atomic mass is 16.1. The Kier molecular flexibility index (Phi) is 5.44. The Bertz CT molecular complexity index is 676. The van der Waals surface area contributed by atoms with Crippen molar-refractivity contribution in [2.75, 3.05) is 17.2 Å². The number of nitrogens with zero attached hydrogens (tertiary/aromatic N) is 3. The van der Waals surface area contributed by atoms with E-state index in [0.29, 0.717) is 17.1 Å². The number of nitriles is 1. The first kappa shape index (κ1) is 15.4. The number of carbonyl (C=O) groups is 1. The number of rotatable bonds is 6. The molecule has 1 aromatic heterocycles. The van der Waals surface area contributed by atoms with Crippen LogP contribution in [-0.4, -0.2) is 22.4 Å². The summed E-state index contributed by atoms with van der Waals surface area (Å²) >= 11 is 0. The van der Waals surface area contributed by atoms with Gasteiger partial charge in [0.15, 0.2) is 0 Å². The Morgan fingerprint density at radius 1 is 1.27 bits per heavy atom. The van der Waals surface area contributed by atoms with Crippen molar-refractivity contribution in [1.82, 2.24) is 9.97 Å². The third-order valence-corrected chi connectivity index (χ3v) is 3.02. The van der Waals surface area contributed by atoms with E-state index < -0.39 is 5.91 Å². The van der Waals surface area contributed by atoms with Gasteiger partial charge in [0, 0.05) is 6.54 Å². The van der Waals surface area contributed by atoms with Crippen molar-refractivity contribution < 1.29 is 4.79 Å². The van der Waals surface area contributed by atoms with E-state index >= 15 is 0 Å². The largest absolute Gasteiger partial charge is 0.369 e. The molecule has 6 heteroatoms. The van der Waals surface area contributed by atoms with E-state index in [1.165, 1.54) is 12.4 Å². The normalized spacial score (nSPS) is 9.82. The number of aromatic nitrogens is 2. The molecule has 0 spiro atoms. The van der Waals surface area contributed by atoms with Crippen LogP contribution in [0.5, 0.6) is 0 Å². The molecule has 0 unspecified atom stereocenters. The molecule has 6 nitrogen and oxygen atoms in total. The number of nitrogens with one attached hydrogen (secondary N) is 2. The minimum atomic E-state index is -0.393. The maximum Gasteiger partial charge on any atom is 0.275 e. The lowest BCUT2D eigenvalue weighted by Gasteiger charge is -2.07. The summed E-state index contributed by atoms with van der Waals surface area (Å²) in [5.74, 6) is 0.248. The van der Waals surface area contributed by atoms with E-state index in [2.05, 4.69) is 27.5 Å². The van der Waals surface area contributed by atoms with Crippen molar-refractivity contribution in [1.29, 1.82) is 5.26 Å². The van der Waals surface area contributed by atoms with Crippen LogP contribution < -0.4 is 10.6 Å². The van der Waals surface area contributed by atoms with Gasteiger partial charge in [-0.05, 0) is 18.6 Å². The fourth-order valence-corrected chi connectivity index (χ4v) is 1.81. The molecule has 1 amide bonds. The number of unbranched alkanes of at least 4 members (excludes halogenated alkanes) is 1. The molecular formula is C16H17N5O. The Morgan fingerprint density at radius 3 is 2.77 bits per heavy atom. The standard InChI is InChI=1S/C16H17N5O/c1-2-3-8-18-15-11-19-14(10-20-15)16(22)21-13-7-5-4-6-12(13)9-17/h4-7,10-11H,2-3,8H2,1H3,(H,18,20)(H,21,22). The van der Waals surface area contributed by atoms with Gasteiger partial charge in [0.1, 0.15) is 17.6 Å². The van der Waals surface area contributed by atoms with Gasteiger partial charge in [-0.2, -0.15) is 5.26 Å². The summed E-state index contributed by atoms with van der Waals surface area (Å²) in [4.78, 5) is 20.4. The zero-order valence-electron chi connectivity index (χ0n) is 12.3. The van der Waals surface area contributed by atoms with Gasteiger partial charge in [0.2, 0.25) is 0 Å². The van der Waals surface area contributed by atoms with Gasteiger partial charge < -0.3 is 10.6 Å². The Balaban J connectivity index is 2.02. The quantitative estimate of drug-likeness (QED) is 0.800. The SMILES string of the molecule is CCCCNc1cnc(C(=O)Nc2ccccc2C#N)cn1. The van der Waals surface area contributed by atoms with Crippen LogP contribution in [0.3, 0.4) is 0 Å². The first-order chi connectivity index (χ1) is 10.7. The highest BCUT2D eigenvalue weighted by Crippen LogP contribution is 2.14. The second kappa shape index (κ2) is 7.74. The van der Waals surface area contributed by atoms with Gasteiger partial charge in [-0.1, -0.05) is 25.5 Å². The molecule has 0 radical (unpaired) electrons.